The highest BCUT2D eigenvalue weighted by Crippen LogP contribution is 2.38. The SMILES string of the molecule is NC(=O)C1(c2cnccn2)CCCN1Cc1cscn1. The van der Waals surface area contributed by atoms with Crippen LogP contribution < -0.4 is 5.73 Å². The van der Waals surface area contributed by atoms with E-state index in [9.17, 15) is 4.79 Å². The molecule has 2 aromatic heterocycles. The lowest BCUT2D eigenvalue weighted by atomic mass is 9.91. The van der Waals surface area contributed by atoms with E-state index in [0.29, 0.717) is 18.7 Å². The van der Waals surface area contributed by atoms with Gasteiger partial charge in [0.2, 0.25) is 5.91 Å². The van der Waals surface area contributed by atoms with Crippen LogP contribution in [0.1, 0.15) is 24.2 Å². The van der Waals surface area contributed by atoms with Crippen LogP contribution in [0.4, 0.5) is 0 Å². The standard InChI is InChI=1S/C13H15N5OS/c14-12(19)13(11-6-15-3-4-16-11)2-1-5-18(13)7-10-8-20-9-17-10/h3-4,6,8-9H,1-2,5,7H2,(H2,14,19). The number of rotatable bonds is 4. The second-order valence-corrected chi connectivity index (χ2v) is 5.54. The molecule has 0 aromatic carbocycles. The van der Waals surface area contributed by atoms with Crippen LogP contribution in [0.3, 0.4) is 0 Å². The summed E-state index contributed by atoms with van der Waals surface area (Å²) in [6, 6.07) is 0. The average molecular weight is 289 g/mol. The summed E-state index contributed by atoms with van der Waals surface area (Å²) in [4.78, 5) is 26.9. The van der Waals surface area contributed by atoms with Gasteiger partial charge in [0.15, 0.2) is 0 Å². The molecule has 6 nitrogen and oxygen atoms in total. The molecule has 1 atom stereocenters. The monoisotopic (exact) mass is 289 g/mol. The molecule has 0 spiro atoms. The minimum atomic E-state index is -0.863. The summed E-state index contributed by atoms with van der Waals surface area (Å²) in [6.07, 6.45) is 6.40. The predicted molar refractivity (Wildman–Crippen MR) is 74.7 cm³/mol. The normalized spacial score (nSPS) is 23.0. The van der Waals surface area contributed by atoms with E-state index < -0.39 is 5.54 Å². The Morgan fingerprint density at radius 2 is 2.35 bits per heavy atom. The van der Waals surface area contributed by atoms with Crippen molar-refractivity contribution >= 4 is 17.2 Å². The first-order valence-corrected chi connectivity index (χ1v) is 7.36. The fourth-order valence-electron chi connectivity index (χ4n) is 2.81. The second kappa shape index (κ2) is 5.26. The summed E-state index contributed by atoms with van der Waals surface area (Å²) in [5.41, 5.74) is 8.22. The van der Waals surface area contributed by atoms with Gasteiger partial charge in [-0.15, -0.1) is 11.3 Å². The molecule has 1 saturated heterocycles. The highest BCUT2D eigenvalue weighted by Gasteiger charge is 2.49. The number of thiazole rings is 1. The zero-order valence-corrected chi connectivity index (χ0v) is 11.7. The van der Waals surface area contributed by atoms with Gasteiger partial charge in [0, 0.05) is 30.9 Å². The molecule has 1 unspecified atom stereocenters. The van der Waals surface area contributed by atoms with Crippen molar-refractivity contribution in [3.05, 3.63) is 40.9 Å². The number of amides is 1. The Morgan fingerprint density at radius 1 is 1.45 bits per heavy atom. The molecule has 1 aliphatic rings. The van der Waals surface area contributed by atoms with E-state index >= 15 is 0 Å². The molecule has 0 saturated carbocycles. The lowest BCUT2D eigenvalue weighted by Crippen LogP contribution is -2.51. The van der Waals surface area contributed by atoms with Crippen molar-refractivity contribution in [1.29, 1.82) is 0 Å². The zero-order chi connectivity index (χ0) is 14.0. The Bertz CT molecular complexity index is 588. The van der Waals surface area contributed by atoms with E-state index in [1.807, 2.05) is 5.38 Å². The molecular formula is C13H15N5OS. The Morgan fingerprint density at radius 3 is 3.00 bits per heavy atom. The van der Waals surface area contributed by atoms with Crippen LogP contribution >= 0.6 is 11.3 Å². The number of carbonyl (C=O) groups is 1. The molecule has 104 valence electrons. The first-order chi connectivity index (χ1) is 9.73. The van der Waals surface area contributed by atoms with Gasteiger partial charge in [0.05, 0.1) is 23.1 Å². The maximum Gasteiger partial charge on any atom is 0.244 e. The fourth-order valence-corrected chi connectivity index (χ4v) is 3.36. The lowest BCUT2D eigenvalue weighted by Gasteiger charge is -2.34. The van der Waals surface area contributed by atoms with Crippen LogP contribution in [-0.4, -0.2) is 32.3 Å². The summed E-state index contributed by atoms with van der Waals surface area (Å²) in [6.45, 7) is 1.40. The molecule has 0 aliphatic carbocycles. The fraction of sp³-hybridized carbons (Fsp3) is 0.385. The summed E-state index contributed by atoms with van der Waals surface area (Å²) in [5, 5.41) is 1.99. The molecular weight excluding hydrogens is 274 g/mol. The van der Waals surface area contributed by atoms with E-state index in [1.165, 1.54) is 0 Å². The van der Waals surface area contributed by atoms with Crippen LogP contribution in [-0.2, 0) is 16.9 Å². The summed E-state index contributed by atoms with van der Waals surface area (Å²) in [7, 11) is 0. The molecule has 2 N–H and O–H groups in total. The lowest BCUT2D eigenvalue weighted by molar-refractivity contribution is -0.129. The average Bonchev–Trinajstić information content (AvgIpc) is 3.10. The molecule has 1 aliphatic heterocycles. The number of primary amides is 1. The smallest absolute Gasteiger partial charge is 0.244 e. The number of carbonyl (C=O) groups excluding carboxylic acids is 1. The number of nitrogens with two attached hydrogens (primary N) is 1. The molecule has 7 heteroatoms. The summed E-state index contributed by atoms with van der Waals surface area (Å²) in [5.74, 6) is -0.370. The maximum absolute atomic E-state index is 12.2. The van der Waals surface area contributed by atoms with E-state index in [2.05, 4.69) is 19.9 Å². The Labute approximate surface area is 120 Å². The van der Waals surface area contributed by atoms with Crippen molar-refractivity contribution in [2.24, 2.45) is 5.73 Å². The number of nitrogens with zero attached hydrogens (tertiary/aromatic N) is 4. The zero-order valence-electron chi connectivity index (χ0n) is 10.9. The Kier molecular flexibility index (Phi) is 3.45. The van der Waals surface area contributed by atoms with Crippen molar-refractivity contribution in [2.75, 3.05) is 6.54 Å². The number of likely N-dealkylation sites (tertiary alicyclic amines) is 1. The minimum absolute atomic E-state index is 0.370. The van der Waals surface area contributed by atoms with Gasteiger partial charge in [-0.25, -0.2) is 4.98 Å². The van der Waals surface area contributed by atoms with Gasteiger partial charge in [0.1, 0.15) is 5.54 Å². The third kappa shape index (κ3) is 2.08. The van der Waals surface area contributed by atoms with E-state index in [1.54, 1.807) is 35.4 Å². The van der Waals surface area contributed by atoms with Gasteiger partial charge in [-0.3, -0.25) is 19.7 Å². The molecule has 2 aromatic rings. The summed E-state index contributed by atoms with van der Waals surface area (Å²) >= 11 is 1.55. The predicted octanol–water partition coefficient (Wildman–Crippen LogP) is 0.910. The molecule has 3 heterocycles. The molecule has 1 amide bonds. The van der Waals surface area contributed by atoms with Gasteiger partial charge in [-0.1, -0.05) is 0 Å². The quantitative estimate of drug-likeness (QED) is 0.904. The third-order valence-electron chi connectivity index (χ3n) is 3.74. The van der Waals surface area contributed by atoms with E-state index in [4.69, 9.17) is 5.73 Å². The van der Waals surface area contributed by atoms with Gasteiger partial charge < -0.3 is 5.73 Å². The number of hydrogen-bond acceptors (Lipinski definition) is 6. The second-order valence-electron chi connectivity index (χ2n) is 4.82. The molecule has 0 radical (unpaired) electrons. The van der Waals surface area contributed by atoms with Crippen molar-refractivity contribution in [2.45, 2.75) is 24.9 Å². The van der Waals surface area contributed by atoms with Crippen LogP contribution in [0.25, 0.3) is 0 Å². The van der Waals surface area contributed by atoms with Gasteiger partial charge in [-0.2, -0.15) is 0 Å². The van der Waals surface area contributed by atoms with E-state index in [-0.39, 0.29) is 5.91 Å². The first kappa shape index (κ1) is 13.1. The highest BCUT2D eigenvalue weighted by molar-refractivity contribution is 7.07. The number of hydrogen-bond donors (Lipinski definition) is 1. The Hall–Kier alpha value is -1.86. The van der Waals surface area contributed by atoms with Gasteiger partial charge >= 0.3 is 0 Å². The van der Waals surface area contributed by atoms with Crippen LogP contribution in [0, 0.1) is 0 Å². The van der Waals surface area contributed by atoms with Crippen molar-refractivity contribution < 1.29 is 4.79 Å². The molecule has 20 heavy (non-hydrogen) atoms. The number of aromatic nitrogens is 3. The van der Waals surface area contributed by atoms with E-state index in [0.717, 1.165) is 18.7 Å². The first-order valence-electron chi connectivity index (χ1n) is 6.42. The van der Waals surface area contributed by atoms with Crippen LogP contribution in [0.15, 0.2) is 29.5 Å². The Balaban J connectivity index is 1.98. The van der Waals surface area contributed by atoms with Gasteiger partial charge in [0.25, 0.3) is 0 Å². The van der Waals surface area contributed by atoms with Crippen molar-refractivity contribution in [3.8, 4) is 0 Å². The van der Waals surface area contributed by atoms with Crippen molar-refractivity contribution in [3.63, 3.8) is 0 Å². The minimum Gasteiger partial charge on any atom is -0.368 e. The molecule has 0 bridgehead atoms. The largest absolute Gasteiger partial charge is 0.368 e. The maximum atomic E-state index is 12.2. The van der Waals surface area contributed by atoms with Crippen LogP contribution in [0.5, 0.6) is 0 Å². The van der Waals surface area contributed by atoms with Gasteiger partial charge in [-0.05, 0) is 12.8 Å². The van der Waals surface area contributed by atoms with Crippen molar-refractivity contribution in [1.82, 2.24) is 19.9 Å². The molecule has 1 fully saturated rings. The topological polar surface area (TPSA) is 85.0 Å². The third-order valence-corrected chi connectivity index (χ3v) is 4.37. The highest BCUT2D eigenvalue weighted by atomic mass is 32.1. The summed E-state index contributed by atoms with van der Waals surface area (Å²) < 4.78 is 0. The molecule has 3 rings (SSSR count). The van der Waals surface area contributed by atoms with Crippen LogP contribution in [0.2, 0.25) is 0 Å².